The molecule has 0 spiro atoms. The number of amides is 1. The number of nitrogens with zero attached hydrogens (tertiary/aromatic N) is 2. The van der Waals surface area contributed by atoms with E-state index in [-0.39, 0.29) is 12.3 Å². The second-order valence-electron chi connectivity index (χ2n) is 6.87. The summed E-state index contributed by atoms with van der Waals surface area (Å²) in [6, 6.07) is 12.6. The topological polar surface area (TPSA) is 69.7 Å². The summed E-state index contributed by atoms with van der Waals surface area (Å²) in [7, 11) is -3.49. The van der Waals surface area contributed by atoms with Gasteiger partial charge < -0.3 is 10.2 Å². The van der Waals surface area contributed by atoms with E-state index in [1.807, 2.05) is 6.92 Å². The highest BCUT2D eigenvalue weighted by atomic mass is 32.2. The van der Waals surface area contributed by atoms with Crippen molar-refractivity contribution in [2.24, 2.45) is 0 Å². The molecule has 1 saturated heterocycles. The van der Waals surface area contributed by atoms with Crippen molar-refractivity contribution in [2.45, 2.75) is 18.2 Å². The highest BCUT2D eigenvalue weighted by molar-refractivity contribution is 7.89. The molecule has 2 aromatic carbocycles. The van der Waals surface area contributed by atoms with E-state index in [1.54, 1.807) is 36.4 Å². The third kappa shape index (κ3) is 5.15. The van der Waals surface area contributed by atoms with Crippen LogP contribution >= 0.6 is 0 Å². The van der Waals surface area contributed by atoms with Crippen LogP contribution < -0.4 is 5.32 Å². The van der Waals surface area contributed by atoms with E-state index in [4.69, 9.17) is 0 Å². The maximum Gasteiger partial charge on any atom is 0.243 e. The molecular weight excluding hydrogens is 381 g/mol. The number of anilines is 1. The van der Waals surface area contributed by atoms with Gasteiger partial charge in [-0.2, -0.15) is 4.31 Å². The van der Waals surface area contributed by atoms with Crippen molar-refractivity contribution in [3.05, 3.63) is 59.9 Å². The number of nitrogens with one attached hydrogen (secondary N) is 1. The minimum Gasteiger partial charge on any atom is -0.326 e. The summed E-state index contributed by atoms with van der Waals surface area (Å²) in [6.45, 7) is 4.36. The third-order valence-corrected chi connectivity index (χ3v) is 6.67. The van der Waals surface area contributed by atoms with Gasteiger partial charge >= 0.3 is 0 Å². The fourth-order valence-corrected chi connectivity index (χ4v) is 4.52. The molecule has 6 nitrogen and oxygen atoms in total. The van der Waals surface area contributed by atoms with E-state index >= 15 is 0 Å². The molecule has 0 saturated carbocycles. The predicted octanol–water partition coefficient (Wildman–Crippen LogP) is 2.47. The van der Waals surface area contributed by atoms with Crippen molar-refractivity contribution in [2.75, 3.05) is 38.0 Å². The summed E-state index contributed by atoms with van der Waals surface area (Å²) in [5, 5.41) is 2.67. The quantitative estimate of drug-likeness (QED) is 0.802. The number of aryl methyl sites for hydroxylation is 1. The van der Waals surface area contributed by atoms with Gasteiger partial charge in [0.05, 0.1) is 4.90 Å². The average Bonchev–Trinajstić information content (AvgIpc) is 2.67. The number of hydrogen-bond donors (Lipinski definition) is 1. The largest absolute Gasteiger partial charge is 0.326 e. The van der Waals surface area contributed by atoms with Crippen molar-refractivity contribution in [1.29, 1.82) is 0 Å². The second kappa shape index (κ2) is 8.81. The summed E-state index contributed by atoms with van der Waals surface area (Å²) < 4.78 is 40.1. The lowest BCUT2D eigenvalue weighted by Gasteiger charge is -2.33. The number of sulfonamides is 1. The van der Waals surface area contributed by atoms with Crippen molar-refractivity contribution < 1.29 is 17.6 Å². The first kappa shape index (κ1) is 20.4. The Morgan fingerprint density at radius 3 is 2.39 bits per heavy atom. The number of carbonyl (C=O) groups excluding carboxylic acids is 1. The lowest BCUT2D eigenvalue weighted by atomic mass is 10.2. The van der Waals surface area contributed by atoms with Gasteiger partial charge in [-0.1, -0.05) is 23.8 Å². The van der Waals surface area contributed by atoms with Crippen LogP contribution in [0.1, 0.15) is 12.0 Å². The monoisotopic (exact) mass is 405 g/mol. The first-order valence-corrected chi connectivity index (χ1v) is 10.6. The Morgan fingerprint density at radius 2 is 1.75 bits per heavy atom. The van der Waals surface area contributed by atoms with Gasteiger partial charge in [0.25, 0.3) is 0 Å². The molecule has 0 aromatic heterocycles. The Bertz CT molecular complexity index is 924. The summed E-state index contributed by atoms with van der Waals surface area (Å²) in [4.78, 5) is 14.4. The van der Waals surface area contributed by atoms with Crippen molar-refractivity contribution in [1.82, 2.24) is 9.21 Å². The zero-order valence-corrected chi connectivity index (χ0v) is 16.6. The minimum absolute atomic E-state index is 0.194. The molecule has 150 valence electrons. The Labute approximate surface area is 165 Å². The fourth-order valence-electron chi connectivity index (χ4n) is 3.10. The number of carbonyl (C=O) groups is 1. The molecule has 0 atom stereocenters. The zero-order valence-electron chi connectivity index (χ0n) is 15.8. The van der Waals surface area contributed by atoms with E-state index < -0.39 is 15.8 Å². The molecule has 3 rings (SSSR count). The van der Waals surface area contributed by atoms with Gasteiger partial charge in [0.15, 0.2) is 0 Å². The van der Waals surface area contributed by atoms with E-state index in [0.717, 1.165) is 5.56 Å². The Morgan fingerprint density at radius 1 is 1.07 bits per heavy atom. The highest BCUT2D eigenvalue weighted by Gasteiger charge is 2.28. The fraction of sp³-hybridized carbons (Fsp3) is 0.350. The molecule has 1 aliphatic rings. The van der Waals surface area contributed by atoms with Crippen molar-refractivity contribution in [3.8, 4) is 0 Å². The van der Waals surface area contributed by atoms with Crippen LogP contribution in [-0.2, 0) is 14.8 Å². The molecule has 0 unspecified atom stereocenters. The molecule has 0 radical (unpaired) electrons. The van der Waals surface area contributed by atoms with Crippen molar-refractivity contribution in [3.63, 3.8) is 0 Å². The molecular formula is C20H24FN3O3S. The summed E-state index contributed by atoms with van der Waals surface area (Å²) in [6.07, 6.45) is 0.265. The summed E-state index contributed by atoms with van der Waals surface area (Å²) in [5.74, 6) is -0.594. The Hall–Kier alpha value is -2.29. The number of rotatable bonds is 6. The maximum atomic E-state index is 13.2. The van der Waals surface area contributed by atoms with Gasteiger partial charge in [0, 0.05) is 44.8 Å². The molecule has 1 N–H and O–H groups in total. The van der Waals surface area contributed by atoms with Crippen molar-refractivity contribution >= 4 is 21.6 Å². The van der Waals surface area contributed by atoms with Gasteiger partial charge in [0.2, 0.25) is 15.9 Å². The van der Waals surface area contributed by atoms with Gasteiger partial charge in [0.1, 0.15) is 5.82 Å². The zero-order chi connectivity index (χ0) is 20.1. The van der Waals surface area contributed by atoms with Crippen LogP contribution in [0, 0.1) is 12.7 Å². The first-order valence-electron chi connectivity index (χ1n) is 9.19. The normalized spacial score (nSPS) is 16.1. The van der Waals surface area contributed by atoms with Crippen LogP contribution in [0.25, 0.3) is 0 Å². The maximum absolute atomic E-state index is 13.2. The number of piperazine rings is 1. The van der Waals surface area contributed by atoms with E-state index in [1.165, 1.54) is 16.4 Å². The lowest BCUT2D eigenvalue weighted by molar-refractivity contribution is -0.116. The molecule has 28 heavy (non-hydrogen) atoms. The molecule has 1 heterocycles. The van der Waals surface area contributed by atoms with E-state index in [9.17, 15) is 17.6 Å². The predicted molar refractivity (Wildman–Crippen MR) is 106 cm³/mol. The number of hydrogen-bond acceptors (Lipinski definition) is 4. The summed E-state index contributed by atoms with van der Waals surface area (Å²) in [5.41, 5.74) is 1.44. The van der Waals surface area contributed by atoms with E-state index in [0.29, 0.717) is 43.3 Å². The highest BCUT2D eigenvalue weighted by Crippen LogP contribution is 2.18. The summed E-state index contributed by atoms with van der Waals surface area (Å²) >= 11 is 0. The first-order chi connectivity index (χ1) is 13.3. The standard InChI is InChI=1S/C20H24FN3O3S/c1-16-5-7-19(8-6-16)28(26,27)24-13-11-23(12-14-24)10-9-20(25)22-18-4-2-3-17(21)15-18/h2-8,15H,9-14H2,1H3,(H,22,25). The molecule has 0 aliphatic carbocycles. The number of benzene rings is 2. The van der Waals surface area contributed by atoms with Gasteiger partial charge in [-0.3, -0.25) is 4.79 Å². The number of halogens is 1. The molecule has 0 bridgehead atoms. The average molecular weight is 405 g/mol. The van der Waals surface area contributed by atoms with Gasteiger partial charge in [-0.05, 0) is 37.3 Å². The molecule has 8 heteroatoms. The SMILES string of the molecule is Cc1ccc(S(=O)(=O)N2CCN(CCC(=O)Nc3cccc(F)c3)CC2)cc1. The Kier molecular flexibility index (Phi) is 6.43. The molecule has 1 fully saturated rings. The van der Waals surface area contributed by atoms with Crippen LogP contribution in [0.5, 0.6) is 0 Å². The molecule has 1 aliphatic heterocycles. The van der Waals surface area contributed by atoms with Crippen LogP contribution in [0.15, 0.2) is 53.4 Å². The molecule has 2 aromatic rings. The van der Waals surface area contributed by atoms with Crippen LogP contribution in [0.2, 0.25) is 0 Å². The van der Waals surface area contributed by atoms with Crippen LogP contribution in [-0.4, -0.2) is 56.3 Å². The third-order valence-electron chi connectivity index (χ3n) is 4.75. The molecule has 1 amide bonds. The second-order valence-corrected chi connectivity index (χ2v) is 8.81. The lowest BCUT2D eigenvalue weighted by Crippen LogP contribution is -2.49. The van der Waals surface area contributed by atoms with E-state index in [2.05, 4.69) is 10.2 Å². The Balaban J connectivity index is 1.47. The van der Waals surface area contributed by atoms with Gasteiger partial charge in [-0.25, -0.2) is 12.8 Å². The smallest absolute Gasteiger partial charge is 0.243 e. The van der Waals surface area contributed by atoms with Gasteiger partial charge in [-0.15, -0.1) is 0 Å². The minimum atomic E-state index is -3.49. The van der Waals surface area contributed by atoms with Crippen LogP contribution in [0.3, 0.4) is 0 Å². The van der Waals surface area contributed by atoms with Crippen LogP contribution in [0.4, 0.5) is 10.1 Å².